The molecular weight excluding hydrogens is 659 g/mol. The Morgan fingerprint density at radius 1 is 0.706 bits per heavy atom. The molecule has 8 nitrogen and oxygen atoms in total. The normalized spacial score (nSPS) is 15.0. The van der Waals surface area contributed by atoms with Crippen molar-refractivity contribution in [3.63, 3.8) is 0 Å². The molecule has 3 atom stereocenters. The van der Waals surface area contributed by atoms with E-state index >= 15 is 0 Å². The van der Waals surface area contributed by atoms with Gasteiger partial charge in [-0.15, -0.1) is 0 Å². The molecule has 1 amide bonds. The molecule has 0 saturated carbocycles. The van der Waals surface area contributed by atoms with Gasteiger partial charge in [-0.2, -0.15) is 0 Å². The van der Waals surface area contributed by atoms with Gasteiger partial charge in [0.15, 0.2) is 0 Å². The first kappa shape index (κ1) is 49.5. The molecule has 0 aromatic rings. The van der Waals surface area contributed by atoms with Crippen LogP contribution in [0.1, 0.15) is 162 Å². The summed E-state index contributed by atoms with van der Waals surface area (Å²) in [6.07, 6.45) is 41.9. The zero-order valence-corrected chi connectivity index (χ0v) is 34.4. The van der Waals surface area contributed by atoms with Crippen LogP contribution in [0.2, 0.25) is 0 Å². The summed E-state index contributed by atoms with van der Waals surface area (Å²) >= 11 is 0. The fourth-order valence-corrected chi connectivity index (χ4v) is 6.26. The maximum Gasteiger partial charge on any atom is 0.268 e. The van der Waals surface area contributed by atoms with Crippen LogP contribution in [0.3, 0.4) is 0 Å². The highest BCUT2D eigenvalue weighted by Crippen LogP contribution is 2.38. The summed E-state index contributed by atoms with van der Waals surface area (Å²) in [6, 6.07) is -0.909. The fraction of sp³-hybridized carbons (Fsp3) is 0.786. The Hall–Kier alpha value is -1.54. The van der Waals surface area contributed by atoms with Crippen LogP contribution < -0.4 is 10.2 Å². The Labute approximate surface area is 314 Å². The molecule has 3 unspecified atom stereocenters. The molecular formula is C42H79N2O6P. The van der Waals surface area contributed by atoms with Gasteiger partial charge in [0, 0.05) is 6.42 Å². The van der Waals surface area contributed by atoms with Crippen molar-refractivity contribution in [3.8, 4) is 0 Å². The van der Waals surface area contributed by atoms with Crippen LogP contribution >= 0.6 is 7.82 Å². The highest BCUT2D eigenvalue weighted by Gasteiger charge is 2.23. The van der Waals surface area contributed by atoms with E-state index in [1.807, 2.05) is 40.2 Å². The van der Waals surface area contributed by atoms with Gasteiger partial charge >= 0.3 is 0 Å². The monoisotopic (exact) mass is 739 g/mol. The van der Waals surface area contributed by atoms with Gasteiger partial charge in [0.05, 0.1) is 39.9 Å². The first-order valence-electron chi connectivity index (χ1n) is 20.5. The Bertz CT molecular complexity index is 975. The number of hydrogen-bond donors (Lipinski definition) is 2. The van der Waals surface area contributed by atoms with Crippen molar-refractivity contribution >= 4 is 13.7 Å². The minimum atomic E-state index is -4.59. The topological polar surface area (TPSA) is 108 Å². The van der Waals surface area contributed by atoms with E-state index < -0.39 is 26.6 Å². The predicted molar refractivity (Wildman–Crippen MR) is 214 cm³/mol. The van der Waals surface area contributed by atoms with Crippen molar-refractivity contribution in [2.45, 2.75) is 174 Å². The molecule has 9 heteroatoms. The summed E-state index contributed by atoms with van der Waals surface area (Å²) < 4.78 is 23.0. The molecule has 0 aliphatic rings. The smallest absolute Gasteiger partial charge is 0.268 e. The quantitative estimate of drug-likeness (QED) is 0.0287. The molecule has 0 bridgehead atoms. The van der Waals surface area contributed by atoms with E-state index in [1.165, 1.54) is 96.3 Å². The van der Waals surface area contributed by atoms with Gasteiger partial charge in [-0.1, -0.05) is 139 Å². The Kier molecular flexibility index (Phi) is 33.2. The molecule has 0 aromatic carbocycles. The Morgan fingerprint density at radius 2 is 1.18 bits per heavy atom. The van der Waals surface area contributed by atoms with E-state index in [0.29, 0.717) is 17.4 Å². The van der Waals surface area contributed by atoms with Crippen molar-refractivity contribution in [2.75, 3.05) is 40.9 Å². The molecule has 298 valence electrons. The van der Waals surface area contributed by atoms with Gasteiger partial charge in [-0.3, -0.25) is 9.36 Å². The number of quaternary nitrogens is 1. The summed E-state index contributed by atoms with van der Waals surface area (Å²) in [5.41, 5.74) is 0. The number of amides is 1. The summed E-state index contributed by atoms with van der Waals surface area (Å²) in [5, 5.41) is 13.6. The summed E-state index contributed by atoms with van der Waals surface area (Å²) in [6.45, 7) is 4.36. The summed E-state index contributed by atoms with van der Waals surface area (Å²) in [7, 11) is 1.22. The molecule has 2 N–H and O–H groups in total. The number of hydrogen-bond acceptors (Lipinski definition) is 6. The number of carbonyl (C=O) groups excluding carboxylic acids is 1. The average Bonchev–Trinajstić information content (AvgIpc) is 3.07. The highest BCUT2D eigenvalue weighted by atomic mass is 31.2. The third-order valence-corrected chi connectivity index (χ3v) is 9.80. The van der Waals surface area contributed by atoms with E-state index in [2.05, 4.69) is 42.6 Å². The number of unbranched alkanes of at least 4 members (excludes halogenated alkanes) is 18. The number of allylic oxidation sites excluding steroid dienone is 7. The number of aliphatic hydroxyl groups is 1. The molecule has 0 aliphatic carbocycles. The van der Waals surface area contributed by atoms with Crippen molar-refractivity contribution < 1.29 is 32.9 Å². The van der Waals surface area contributed by atoms with Gasteiger partial charge in [-0.05, 0) is 64.7 Å². The standard InChI is InChI=1S/C42H79N2O6P/c1-6-8-10-12-14-16-17-18-19-20-21-22-23-24-25-26-28-30-32-34-36-42(46)43-40(39-50-51(47,48)49-38-37-44(3,4)5)41(45)35-33-31-29-27-15-13-11-9-7-2/h7,9,15,21-22,27,33,35,40-41,45H,6,8,10-14,16-20,23-26,28-32,34,36-39H2,1-5H3,(H-,43,46,47,48)/b9-7+,22-21-,27-15+,35-33+. The number of phosphoric acid groups is 1. The molecule has 0 aromatic heterocycles. The van der Waals surface area contributed by atoms with E-state index in [0.717, 1.165) is 44.9 Å². The van der Waals surface area contributed by atoms with Crippen LogP contribution in [0.15, 0.2) is 48.6 Å². The van der Waals surface area contributed by atoms with Crippen LogP contribution in [0, 0.1) is 0 Å². The van der Waals surface area contributed by atoms with Crippen LogP contribution in [-0.2, 0) is 18.4 Å². The minimum absolute atomic E-state index is 0.0114. The molecule has 0 rings (SSSR count). The number of nitrogens with zero attached hydrogens (tertiary/aromatic N) is 1. The summed E-state index contributed by atoms with van der Waals surface area (Å²) in [5.74, 6) is -0.221. The average molecular weight is 739 g/mol. The lowest BCUT2D eigenvalue weighted by Crippen LogP contribution is -2.45. The lowest BCUT2D eigenvalue weighted by Gasteiger charge is -2.29. The van der Waals surface area contributed by atoms with E-state index in [1.54, 1.807) is 6.08 Å². The maximum absolute atomic E-state index is 12.8. The largest absolute Gasteiger partial charge is 0.756 e. The molecule has 0 heterocycles. The molecule has 0 radical (unpaired) electrons. The van der Waals surface area contributed by atoms with Gasteiger partial charge in [0.2, 0.25) is 5.91 Å². The van der Waals surface area contributed by atoms with Gasteiger partial charge < -0.3 is 28.8 Å². The van der Waals surface area contributed by atoms with Crippen LogP contribution in [0.25, 0.3) is 0 Å². The number of likely N-dealkylation sites (N-methyl/N-ethyl adjacent to an activating group) is 1. The molecule has 0 saturated heterocycles. The van der Waals surface area contributed by atoms with Crippen molar-refractivity contribution in [1.29, 1.82) is 0 Å². The van der Waals surface area contributed by atoms with Gasteiger partial charge in [-0.25, -0.2) is 0 Å². The van der Waals surface area contributed by atoms with Crippen LogP contribution in [0.4, 0.5) is 0 Å². The molecule has 51 heavy (non-hydrogen) atoms. The first-order chi connectivity index (χ1) is 24.5. The number of nitrogens with one attached hydrogen (secondary N) is 1. The second-order valence-corrected chi connectivity index (χ2v) is 16.4. The zero-order valence-electron chi connectivity index (χ0n) is 33.5. The van der Waals surface area contributed by atoms with E-state index in [-0.39, 0.29) is 12.5 Å². The predicted octanol–water partition coefficient (Wildman–Crippen LogP) is 10.3. The van der Waals surface area contributed by atoms with Crippen molar-refractivity contribution in [3.05, 3.63) is 48.6 Å². The lowest BCUT2D eigenvalue weighted by molar-refractivity contribution is -0.870. The highest BCUT2D eigenvalue weighted by molar-refractivity contribution is 7.45. The van der Waals surface area contributed by atoms with Gasteiger partial charge in [0.25, 0.3) is 7.82 Å². The zero-order chi connectivity index (χ0) is 37.9. The number of phosphoric ester groups is 1. The number of aliphatic hydroxyl groups excluding tert-OH is 1. The fourth-order valence-electron chi connectivity index (χ4n) is 5.54. The van der Waals surface area contributed by atoms with E-state index in [9.17, 15) is 19.4 Å². The SMILES string of the molecule is C/C=C/CC/C=C/CC/C=C/C(O)C(COP(=O)([O-])OCC[N+](C)(C)C)NC(=O)CCCCCCCCC/C=C\CCCCCCCCCCC. The first-order valence-corrected chi connectivity index (χ1v) is 21.9. The minimum Gasteiger partial charge on any atom is -0.756 e. The second-order valence-electron chi connectivity index (χ2n) is 15.0. The van der Waals surface area contributed by atoms with Crippen molar-refractivity contribution in [2.24, 2.45) is 0 Å². The van der Waals surface area contributed by atoms with Crippen molar-refractivity contribution in [1.82, 2.24) is 5.32 Å². The molecule has 0 spiro atoms. The summed E-state index contributed by atoms with van der Waals surface area (Å²) in [4.78, 5) is 25.1. The number of rotatable bonds is 36. The number of carbonyl (C=O) groups is 1. The lowest BCUT2D eigenvalue weighted by atomic mass is 10.1. The second kappa shape index (κ2) is 34.2. The van der Waals surface area contributed by atoms with Crippen LogP contribution in [0.5, 0.6) is 0 Å². The van der Waals surface area contributed by atoms with Gasteiger partial charge in [0.1, 0.15) is 13.2 Å². The Balaban J connectivity index is 4.35. The third-order valence-electron chi connectivity index (χ3n) is 8.83. The van der Waals surface area contributed by atoms with Crippen LogP contribution in [-0.4, -0.2) is 68.5 Å². The molecule has 0 aliphatic heterocycles. The third kappa shape index (κ3) is 36.6. The van der Waals surface area contributed by atoms with E-state index in [4.69, 9.17) is 9.05 Å². The maximum atomic E-state index is 12.8. The Morgan fingerprint density at radius 3 is 1.71 bits per heavy atom. The molecule has 0 fully saturated rings.